The number of aromatic nitrogens is 2. The van der Waals surface area contributed by atoms with Crippen molar-refractivity contribution in [3.05, 3.63) is 34.4 Å². The summed E-state index contributed by atoms with van der Waals surface area (Å²) in [7, 11) is 0. The Morgan fingerprint density at radius 3 is 2.60 bits per heavy atom. The average molecular weight is 435 g/mol. The third-order valence-corrected chi connectivity index (χ3v) is 6.63. The molecule has 0 atom stereocenters. The van der Waals surface area contributed by atoms with Crippen LogP contribution in [0.1, 0.15) is 75.8 Å². The Bertz CT molecular complexity index is 887. The number of piperidine rings is 1. The minimum absolute atomic E-state index is 0. The number of hydrogen-bond acceptors (Lipinski definition) is 5. The zero-order valence-corrected chi connectivity index (χ0v) is 18.7. The van der Waals surface area contributed by atoms with E-state index < -0.39 is 0 Å². The first-order valence-corrected chi connectivity index (χ1v) is 11.3. The summed E-state index contributed by atoms with van der Waals surface area (Å²) in [6, 6.07) is 2.32. The van der Waals surface area contributed by atoms with Crippen molar-refractivity contribution in [3.8, 4) is 0 Å². The van der Waals surface area contributed by atoms with Crippen LogP contribution in [-0.4, -0.2) is 40.4 Å². The topological polar surface area (TPSA) is 79.2 Å². The molecule has 6 nitrogen and oxygen atoms in total. The van der Waals surface area contributed by atoms with Crippen molar-refractivity contribution in [2.75, 3.05) is 25.0 Å². The second-order valence-corrected chi connectivity index (χ2v) is 8.68. The third kappa shape index (κ3) is 4.98. The Morgan fingerprint density at radius 1 is 1.17 bits per heavy atom. The van der Waals surface area contributed by atoms with Gasteiger partial charge in [-0.3, -0.25) is 4.79 Å². The van der Waals surface area contributed by atoms with E-state index in [0.717, 1.165) is 87.6 Å². The summed E-state index contributed by atoms with van der Waals surface area (Å²) in [6.45, 7) is 4.98. The maximum atomic E-state index is 13.3. The van der Waals surface area contributed by atoms with Gasteiger partial charge in [-0.2, -0.15) is 0 Å². The van der Waals surface area contributed by atoms with Crippen molar-refractivity contribution in [3.63, 3.8) is 0 Å². The molecule has 0 radical (unpaired) electrons. The van der Waals surface area contributed by atoms with Gasteiger partial charge in [-0.15, -0.1) is 12.4 Å². The Balaban J connectivity index is 0.00000256. The molecule has 2 aromatic rings. The van der Waals surface area contributed by atoms with Crippen molar-refractivity contribution in [1.82, 2.24) is 14.9 Å². The van der Waals surface area contributed by atoms with Crippen molar-refractivity contribution < 1.29 is 5.11 Å². The summed E-state index contributed by atoms with van der Waals surface area (Å²) in [5.41, 5.74) is 1.34. The van der Waals surface area contributed by atoms with Gasteiger partial charge < -0.3 is 20.3 Å². The van der Waals surface area contributed by atoms with Crippen molar-refractivity contribution in [2.45, 2.75) is 76.4 Å². The standard InChI is InChI=1S/C23H34N4O2.ClH/c1-2-3-10-25-22-13-19-20(14-26-22)23(29)27(17-8-11-24-12-9-17)15-21(19)16-4-6-18(28)7-5-16;/h13-18,24,28H,2-12H2,1H3,(H,25,26);1H/t16-,18-;. The number of nitrogens with zero attached hydrogens (tertiary/aromatic N) is 2. The molecule has 4 rings (SSSR count). The summed E-state index contributed by atoms with van der Waals surface area (Å²) in [4.78, 5) is 17.9. The summed E-state index contributed by atoms with van der Waals surface area (Å²) in [5, 5.41) is 18.5. The quantitative estimate of drug-likeness (QED) is 0.599. The molecule has 1 saturated heterocycles. The summed E-state index contributed by atoms with van der Waals surface area (Å²) >= 11 is 0. The lowest BCUT2D eigenvalue weighted by molar-refractivity contribution is 0.122. The minimum Gasteiger partial charge on any atom is -0.393 e. The van der Waals surface area contributed by atoms with E-state index in [9.17, 15) is 9.90 Å². The van der Waals surface area contributed by atoms with Crippen LogP contribution in [0.3, 0.4) is 0 Å². The van der Waals surface area contributed by atoms with Gasteiger partial charge in [-0.1, -0.05) is 13.3 Å². The molecule has 166 valence electrons. The zero-order valence-electron chi connectivity index (χ0n) is 17.9. The number of nitrogens with one attached hydrogen (secondary N) is 2. The molecular weight excluding hydrogens is 400 g/mol. The number of aliphatic hydroxyl groups is 1. The fourth-order valence-corrected chi connectivity index (χ4v) is 4.84. The molecule has 0 amide bonds. The first-order valence-electron chi connectivity index (χ1n) is 11.3. The number of rotatable bonds is 6. The average Bonchev–Trinajstić information content (AvgIpc) is 2.76. The van der Waals surface area contributed by atoms with E-state index in [1.807, 2.05) is 4.57 Å². The molecular formula is C23H35ClN4O2. The molecule has 1 aliphatic carbocycles. The summed E-state index contributed by atoms with van der Waals surface area (Å²) in [5.74, 6) is 1.24. The van der Waals surface area contributed by atoms with Crippen LogP contribution in [0.25, 0.3) is 10.8 Å². The SMILES string of the molecule is CCCCNc1cc2c(cn1)c(=O)n(C1CCNCC1)cc2[C@H]1CC[C@H](O)CC1.Cl. The van der Waals surface area contributed by atoms with Crippen LogP contribution in [0.2, 0.25) is 0 Å². The second kappa shape index (κ2) is 10.6. The van der Waals surface area contributed by atoms with E-state index in [1.165, 1.54) is 5.56 Å². The Labute approximate surface area is 184 Å². The first kappa shape index (κ1) is 23.0. The molecule has 0 aromatic carbocycles. The number of aliphatic hydroxyl groups excluding tert-OH is 1. The molecule has 7 heteroatoms. The molecule has 0 spiro atoms. The van der Waals surface area contributed by atoms with Crippen LogP contribution in [0.15, 0.2) is 23.3 Å². The molecule has 3 heterocycles. The fraction of sp³-hybridized carbons (Fsp3) is 0.652. The number of hydrogen-bond donors (Lipinski definition) is 3. The number of fused-ring (bicyclic) bond motifs is 1. The van der Waals surface area contributed by atoms with Crippen molar-refractivity contribution in [2.24, 2.45) is 0 Å². The van der Waals surface area contributed by atoms with Gasteiger partial charge in [0.15, 0.2) is 0 Å². The normalized spacial score (nSPS) is 22.6. The second-order valence-electron chi connectivity index (χ2n) is 8.68. The highest BCUT2D eigenvalue weighted by molar-refractivity contribution is 5.86. The van der Waals surface area contributed by atoms with Gasteiger partial charge in [0.2, 0.25) is 0 Å². The lowest BCUT2D eigenvalue weighted by Gasteiger charge is -2.30. The highest BCUT2D eigenvalue weighted by Gasteiger charge is 2.26. The number of anilines is 1. The Hall–Kier alpha value is -1.63. The predicted molar refractivity (Wildman–Crippen MR) is 125 cm³/mol. The van der Waals surface area contributed by atoms with Crippen LogP contribution >= 0.6 is 12.4 Å². The van der Waals surface area contributed by atoms with E-state index >= 15 is 0 Å². The van der Waals surface area contributed by atoms with Crippen LogP contribution < -0.4 is 16.2 Å². The Kier molecular flexibility index (Phi) is 8.14. The fourth-order valence-electron chi connectivity index (χ4n) is 4.84. The first-order chi connectivity index (χ1) is 14.2. The number of unbranched alkanes of at least 4 members (excludes halogenated alkanes) is 1. The lowest BCUT2D eigenvalue weighted by Crippen LogP contribution is -2.34. The summed E-state index contributed by atoms with van der Waals surface area (Å²) in [6.07, 6.45) is 11.6. The van der Waals surface area contributed by atoms with Crippen LogP contribution in [0.4, 0.5) is 5.82 Å². The van der Waals surface area contributed by atoms with E-state index in [0.29, 0.717) is 5.92 Å². The van der Waals surface area contributed by atoms with Gasteiger partial charge in [0, 0.05) is 25.0 Å². The molecule has 2 fully saturated rings. The van der Waals surface area contributed by atoms with E-state index in [1.54, 1.807) is 6.20 Å². The van der Waals surface area contributed by atoms with Crippen LogP contribution in [0.5, 0.6) is 0 Å². The maximum Gasteiger partial charge on any atom is 0.260 e. The van der Waals surface area contributed by atoms with Crippen LogP contribution in [-0.2, 0) is 0 Å². The summed E-state index contributed by atoms with van der Waals surface area (Å²) < 4.78 is 1.98. The molecule has 1 aliphatic heterocycles. The highest BCUT2D eigenvalue weighted by atomic mass is 35.5. The Morgan fingerprint density at radius 2 is 1.90 bits per heavy atom. The number of halogens is 1. The molecule has 0 bridgehead atoms. The van der Waals surface area contributed by atoms with E-state index in [2.05, 4.69) is 34.8 Å². The molecule has 1 saturated carbocycles. The van der Waals surface area contributed by atoms with Gasteiger partial charge in [-0.25, -0.2) is 4.98 Å². The zero-order chi connectivity index (χ0) is 20.2. The largest absolute Gasteiger partial charge is 0.393 e. The van der Waals surface area contributed by atoms with Gasteiger partial charge in [0.1, 0.15) is 5.82 Å². The minimum atomic E-state index is -0.180. The van der Waals surface area contributed by atoms with Crippen LogP contribution in [0, 0.1) is 0 Å². The van der Waals surface area contributed by atoms with E-state index in [-0.39, 0.29) is 30.1 Å². The highest BCUT2D eigenvalue weighted by Crippen LogP contribution is 2.37. The maximum absolute atomic E-state index is 13.3. The van der Waals surface area contributed by atoms with Gasteiger partial charge in [-0.05, 0) is 81.0 Å². The lowest BCUT2D eigenvalue weighted by atomic mass is 9.81. The molecule has 0 unspecified atom stereocenters. The third-order valence-electron chi connectivity index (χ3n) is 6.63. The van der Waals surface area contributed by atoms with Gasteiger partial charge >= 0.3 is 0 Å². The van der Waals surface area contributed by atoms with Crippen molar-refractivity contribution in [1.29, 1.82) is 0 Å². The van der Waals surface area contributed by atoms with Crippen molar-refractivity contribution >= 4 is 29.0 Å². The molecule has 2 aromatic heterocycles. The molecule has 30 heavy (non-hydrogen) atoms. The smallest absolute Gasteiger partial charge is 0.260 e. The van der Waals surface area contributed by atoms with Gasteiger partial charge in [0.05, 0.1) is 11.5 Å². The molecule has 2 aliphatic rings. The van der Waals surface area contributed by atoms with Gasteiger partial charge in [0.25, 0.3) is 5.56 Å². The molecule has 3 N–H and O–H groups in total. The predicted octanol–water partition coefficient (Wildman–Crippen LogP) is 3.97. The van der Waals surface area contributed by atoms with E-state index in [4.69, 9.17) is 0 Å². The number of pyridine rings is 2. The monoisotopic (exact) mass is 434 g/mol.